The van der Waals surface area contributed by atoms with Crippen molar-refractivity contribution in [1.82, 2.24) is 14.1 Å². The van der Waals surface area contributed by atoms with Crippen molar-refractivity contribution in [3.63, 3.8) is 0 Å². The molecule has 1 aliphatic rings. The van der Waals surface area contributed by atoms with E-state index in [0.717, 1.165) is 5.56 Å². The van der Waals surface area contributed by atoms with Crippen LogP contribution >= 0.6 is 0 Å². The van der Waals surface area contributed by atoms with E-state index in [4.69, 9.17) is 4.74 Å². The lowest BCUT2D eigenvalue weighted by Gasteiger charge is -2.36. The molecule has 0 N–H and O–H groups in total. The van der Waals surface area contributed by atoms with Crippen LogP contribution in [0, 0.1) is 0 Å². The molecule has 0 bridgehead atoms. The van der Waals surface area contributed by atoms with E-state index < -0.39 is 10.0 Å². The number of nitrogens with zero attached hydrogens (tertiary/aromatic N) is 3. The maximum atomic E-state index is 12.8. The summed E-state index contributed by atoms with van der Waals surface area (Å²) in [5.74, 6) is 0. The average molecular weight is 321 g/mol. The Morgan fingerprint density at radius 3 is 2.64 bits per heavy atom. The Morgan fingerprint density at radius 2 is 2.00 bits per heavy atom. The van der Waals surface area contributed by atoms with Gasteiger partial charge in [-0.25, -0.2) is 8.42 Å². The van der Waals surface area contributed by atoms with Crippen LogP contribution in [0.5, 0.6) is 0 Å². The van der Waals surface area contributed by atoms with Crippen LogP contribution < -0.4 is 0 Å². The minimum Gasteiger partial charge on any atom is -0.370 e. The minimum absolute atomic E-state index is 0.204. The molecule has 1 saturated heterocycles. The van der Waals surface area contributed by atoms with Crippen molar-refractivity contribution in [2.24, 2.45) is 7.05 Å². The average Bonchev–Trinajstić information content (AvgIpc) is 2.96. The van der Waals surface area contributed by atoms with E-state index >= 15 is 0 Å². The molecule has 0 aliphatic carbocycles. The number of ether oxygens (including phenoxy) is 1. The first-order valence-corrected chi connectivity index (χ1v) is 8.59. The number of aromatic nitrogens is 2. The fourth-order valence-electron chi connectivity index (χ4n) is 2.61. The fraction of sp³-hybridized carbons (Fsp3) is 0.400. The summed E-state index contributed by atoms with van der Waals surface area (Å²) in [5, 5.41) is 3.96. The summed E-state index contributed by atoms with van der Waals surface area (Å²) in [7, 11) is -1.86. The molecule has 1 aromatic heterocycles. The molecule has 1 aliphatic heterocycles. The fourth-order valence-corrected chi connectivity index (χ4v) is 4.21. The van der Waals surface area contributed by atoms with E-state index in [1.165, 1.54) is 21.4 Å². The number of morpholine rings is 1. The zero-order chi connectivity index (χ0) is 15.7. The van der Waals surface area contributed by atoms with Gasteiger partial charge >= 0.3 is 0 Å². The molecule has 2 aromatic rings. The van der Waals surface area contributed by atoms with E-state index in [1.807, 2.05) is 37.3 Å². The molecule has 0 spiro atoms. The van der Waals surface area contributed by atoms with Gasteiger partial charge in [0.2, 0.25) is 10.0 Å². The standard InChI is InChI=1S/C15H19N3O3S/c1-12-11-21-15(13-6-4-3-5-7-13)10-18(12)22(19,20)14-8-16-17(2)9-14/h3-9,12,15H,10-11H2,1-2H3/t12-,15+/m1/s1. The van der Waals surface area contributed by atoms with Crippen LogP contribution in [0.2, 0.25) is 0 Å². The van der Waals surface area contributed by atoms with E-state index in [1.54, 1.807) is 7.05 Å². The van der Waals surface area contributed by atoms with Crippen molar-refractivity contribution >= 4 is 10.0 Å². The lowest BCUT2D eigenvalue weighted by atomic mass is 10.1. The summed E-state index contributed by atoms with van der Waals surface area (Å²) in [6.45, 7) is 2.54. The van der Waals surface area contributed by atoms with Gasteiger partial charge in [0.1, 0.15) is 4.90 Å². The van der Waals surface area contributed by atoms with Gasteiger partial charge in [0, 0.05) is 25.8 Å². The number of hydrogen-bond acceptors (Lipinski definition) is 4. The summed E-state index contributed by atoms with van der Waals surface area (Å²) in [6.07, 6.45) is 2.66. The SMILES string of the molecule is C[C@@H]1CO[C@H](c2ccccc2)CN1S(=O)(=O)c1cnn(C)c1. The van der Waals surface area contributed by atoms with Crippen LogP contribution in [-0.2, 0) is 21.8 Å². The van der Waals surface area contributed by atoms with Crippen molar-refractivity contribution in [2.75, 3.05) is 13.2 Å². The van der Waals surface area contributed by atoms with E-state index in [2.05, 4.69) is 5.10 Å². The topological polar surface area (TPSA) is 64.4 Å². The van der Waals surface area contributed by atoms with Crippen LogP contribution in [0.15, 0.2) is 47.6 Å². The Bertz CT molecular complexity index is 742. The van der Waals surface area contributed by atoms with E-state index in [-0.39, 0.29) is 17.0 Å². The van der Waals surface area contributed by atoms with E-state index in [9.17, 15) is 8.42 Å². The minimum atomic E-state index is -3.56. The summed E-state index contributed by atoms with van der Waals surface area (Å²) >= 11 is 0. The molecule has 7 heteroatoms. The predicted octanol–water partition coefficient (Wildman–Crippen LogP) is 1.57. The highest BCUT2D eigenvalue weighted by atomic mass is 32.2. The summed E-state index contributed by atoms with van der Waals surface area (Å²) < 4.78 is 34.4. The summed E-state index contributed by atoms with van der Waals surface area (Å²) in [4.78, 5) is 0.218. The third-order valence-corrected chi connectivity index (χ3v) is 5.77. The lowest BCUT2D eigenvalue weighted by molar-refractivity contribution is -0.0288. The van der Waals surface area contributed by atoms with Crippen molar-refractivity contribution in [1.29, 1.82) is 0 Å². The first kappa shape index (κ1) is 15.2. The first-order chi connectivity index (χ1) is 10.5. The zero-order valence-electron chi connectivity index (χ0n) is 12.6. The Hall–Kier alpha value is -1.70. The lowest BCUT2D eigenvalue weighted by Crippen LogP contribution is -2.48. The molecular formula is C15H19N3O3S. The van der Waals surface area contributed by atoms with Crippen LogP contribution in [0.4, 0.5) is 0 Å². The quantitative estimate of drug-likeness (QED) is 0.861. The second-order valence-electron chi connectivity index (χ2n) is 5.51. The monoisotopic (exact) mass is 321 g/mol. The van der Waals surface area contributed by atoms with Crippen molar-refractivity contribution < 1.29 is 13.2 Å². The van der Waals surface area contributed by atoms with E-state index in [0.29, 0.717) is 13.2 Å². The number of rotatable bonds is 3. The first-order valence-electron chi connectivity index (χ1n) is 7.15. The van der Waals surface area contributed by atoms with Gasteiger partial charge in [-0.3, -0.25) is 4.68 Å². The molecule has 118 valence electrons. The number of aryl methyl sites for hydroxylation is 1. The summed E-state index contributed by atoms with van der Waals surface area (Å²) in [6, 6.07) is 9.49. The van der Waals surface area contributed by atoms with Crippen LogP contribution in [-0.4, -0.2) is 41.7 Å². The van der Waals surface area contributed by atoms with Crippen LogP contribution in [0.25, 0.3) is 0 Å². The maximum Gasteiger partial charge on any atom is 0.246 e. The summed E-state index contributed by atoms with van der Waals surface area (Å²) in [5.41, 5.74) is 0.987. The van der Waals surface area contributed by atoms with Crippen molar-refractivity contribution in [3.05, 3.63) is 48.3 Å². The Morgan fingerprint density at radius 1 is 1.27 bits per heavy atom. The number of benzene rings is 1. The molecule has 0 saturated carbocycles. The van der Waals surface area contributed by atoms with Gasteiger partial charge in [0.05, 0.1) is 18.9 Å². The highest BCUT2D eigenvalue weighted by molar-refractivity contribution is 7.89. The number of sulfonamides is 1. The van der Waals surface area contributed by atoms with Gasteiger partial charge < -0.3 is 4.74 Å². The Kier molecular flexibility index (Phi) is 4.03. The smallest absolute Gasteiger partial charge is 0.246 e. The van der Waals surface area contributed by atoms with Crippen LogP contribution in [0.1, 0.15) is 18.6 Å². The maximum absolute atomic E-state index is 12.8. The molecule has 0 amide bonds. The van der Waals surface area contributed by atoms with Gasteiger partial charge in [-0.15, -0.1) is 0 Å². The molecule has 0 radical (unpaired) electrons. The highest BCUT2D eigenvalue weighted by Crippen LogP contribution is 2.29. The largest absolute Gasteiger partial charge is 0.370 e. The molecule has 22 heavy (non-hydrogen) atoms. The van der Waals surface area contributed by atoms with Gasteiger partial charge in [-0.1, -0.05) is 30.3 Å². The Labute approximate surface area is 130 Å². The van der Waals surface area contributed by atoms with Gasteiger partial charge in [-0.05, 0) is 12.5 Å². The number of hydrogen-bond donors (Lipinski definition) is 0. The molecule has 0 unspecified atom stereocenters. The van der Waals surface area contributed by atoms with Gasteiger partial charge in [-0.2, -0.15) is 9.40 Å². The predicted molar refractivity (Wildman–Crippen MR) is 81.7 cm³/mol. The second kappa shape index (κ2) is 5.83. The van der Waals surface area contributed by atoms with Crippen molar-refractivity contribution in [3.8, 4) is 0 Å². The third kappa shape index (κ3) is 2.79. The van der Waals surface area contributed by atoms with Gasteiger partial charge in [0.15, 0.2) is 0 Å². The zero-order valence-corrected chi connectivity index (χ0v) is 13.4. The van der Waals surface area contributed by atoms with Crippen LogP contribution in [0.3, 0.4) is 0 Å². The molecule has 2 heterocycles. The Balaban J connectivity index is 1.89. The molecule has 1 fully saturated rings. The molecule has 1 aromatic carbocycles. The third-order valence-electron chi connectivity index (χ3n) is 3.84. The van der Waals surface area contributed by atoms with Crippen molar-refractivity contribution in [2.45, 2.75) is 24.0 Å². The molecule has 6 nitrogen and oxygen atoms in total. The molecular weight excluding hydrogens is 302 g/mol. The molecule has 2 atom stereocenters. The normalized spacial score (nSPS) is 23.5. The van der Waals surface area contributed by atoms with Gasteiger partial charge in [0.25, 0.3) is 0 Å². The molecule has 3 rings (SSSR count). The second-order valence-corrected chi connectivity index (χ2v) is 7.40. The highest BCUT2D eigenvalue weighted by Gasteiger charge is 2.36.